The predicted molar refractivity (Wildman–Crippen MR) is 62.5 cm³/mol. The molecule has 74 valence electrons. The Balaban J connectivity index is 2.40. The molecule has 2 rings (SSSR count). The standard InChI is InChI=1S/C14H18/c1-3-6-12-8-5-9-13-11(2)7-4-10-14(12)13/h4-5,7,9-10,12H,3,6,8H2,1-2H3. The van der Waals surface area contributed by atoms with Crippen molar-refractivity contribution >= 4 is 6.08 Å². The van der Waals surface area contributed by atoms with Gasteiger partial charge < -0.3 is 0 Å². The van der Waals surface area contributed by atoms with Crippen LogP contribution in [0.25, 0.3) is 6.08 Å². The van der Waals surface area contributed by atoms with Crippen LogP contribution in [0.4, 0.5) is 0 Å². The maximum atomic E-state index is 2.33. The van der Waals surface area contributed by atoms with Crippen molar-refractivity contribution in [2.75, 3.05) is 0 Å². The van der Waals surface area contributed by atoms with Crippen LogP contribution in [-0.4, -0.2) is 0 Å². The van der Waals surface area contributed by atoms with Gasteiger partial charge in [-0.25, -0.2) is 0 Å². The van der Waals surface area contributed by atoms with Gasteiger partial charge in [0.15, 0.2) is 0 Å². The quantitative estimate of drug-likeness (QED) is 0.646. The maximum Gasteiger partial charge on any atom is -0.0121 e. The van der Waals surface area contributed by atoms with Crippen molar-refractivity contribution in [2.24, 2.45) is 0 Å². The van der Waals surface area contributed by atoms with E-state index >= 15 is 0 Å². The Kier molecular flexibility index (Phi) is 2.72. The molecule has 14 heavy (non-hydrogen) atoms. The number of benzene rings is 1. The average Bonchev–Trinajstić information content (AvgIpc) is 2.20. The smallest absolute Gasteiger partial charge is 0.0121 e. The first-order valence-electron chi connectivity index (χ1n) is 5.59. The fourth-order valence-electron chi connectivity index (χ4n) is 2.39. The maximum absolute atomic E-state index is 2.33. The van der Waals surface area contributed by atoms with Crippen LogP contribution in [-0.2, 0) is 0 Å². The number of hydrogen-bond donors (Lipinski definition) is 0. The van der Waals surface area contributed by atoms with E-state index in [4.69, 9.17) is 0 Å². The molecule has 0 heterocycles. The Hall–Kier alpha value is -1.04. The van der Waals surface area contributed by atoms with E-state index in [2.05, 4.69) is 44.2 Å². The van der Waals surface area contributed by atoms with E-state index in [-0.39, 0.29) is 0 Å². The van der Waals surface area contributed by atoms with Gasteiger partial charge in [-0.05, 0) is 42.4 Å². The summed E-state index contributed by atoms with van der Waals surface area (Å²) in [5.41, 5.74) is 4.45. The van der Waals surface area contributed by atoms with Gasteiger partial charge in [0.1, 0.15) is 0 Å². The van der Waals surface area contributed by atoms with Crippen molar-refractivity contribution < 1.29 is 0 Å². The fourth-order valence-corrected chi connectivity index (χ4v) is 2.39. The van der Waals surface area contributed by atoms with Crippen LogP contribution in [0.5, 0.6) is 0 Å². The van der Waals surface area contributed by atoms with E-state index in [1.807, 2.05) is 0 Å². The molecule has 1 aromatic rings. The minimum absolute atomic E-state index is 0.764. The highest BCUT2D eigenvalue weighted by Gasteiger charge is 2.16. The average molecular weight is 186 g/mol. The summed E-state index contributed by atoms with van der Waals surface area (Å²) in [5, 5.41) is 0. The lowest BCUT2D eigenvalue weighted by Gasteiger charge is -2.22. The van der Waals surface area contributed by atoms with Gasteiger partial charge in [-0.3, -0.25) is 0 Å². The molecule has 0 amide bonds. The molecule has 0 heteroatoms. The zero-order valence-electron chi connectivity index (χ0n) is 9.09. The molecule has 0 fully saturated rings. The lowest BCUT2D eigenvalue weighted by molar-refractivity contribution is 0.615. The number of allylic oxidation sites excluding steroid dienone is 1. The first kappa shape index (κ1) is 9.51. The summed E-state index contributed by atoms with van der Waals surface area (Å²) in [6.07, 6.45) is 8.45. The molecule has 1 atom stereocenters. The van der Waals surface area contributed by atoms with E-state index < -0.39 is 0 Å². The van der Waals surface area contributed by atoms with Crippen molar-refractivity contribution in [2.45, 2.75) is 39.0 Å². The van der Waals surface area contributed by atoms with Crippen molar-refractivity contribution in [1.82, 2.24) is 0 Å². The first-order chi connectivity index (χ1) is 6.83. The number of fused-ring (bicyclic) bond motifs is 1. The Morgan fingerprint density at radius 3 is 3.00 bits per heavy atom. The second-order valence-corrected chi connectivity index (χ2v) is 4.20. The van der Waals surface area contributed by atoms with Gasteiger partial charge in [0, 0.05) is 0 Å². The van der Waals surface area contributed by atoms with Crippen LogP contribution in [0.1, 0.15) is 48.8 Å². The third kappa shape index (κ3) is 1.61. The monoisotopic (exact) mass is 186 g/mol. The first-order valence-corrected chi connectivity index (χ1v) is 5.59. The van der Waals surface area contributed by atoms with E-state index in [0.29, 0.717) is 0 Å². The van der Waals surface area contributed by atoms with Crippen molar-refractivity contribution in [3.8, 4) is 0 Å². The molecule has 0 radical (unpaired) electrons. The molecular formula is C14H18. The molecule has 0 N–H and O–H groups in total. The number of hydrogen-bond acceptors (Lipinski definition) is 0. The minimum atomic E-state index is 0.764. The summed E-state index contributed by atoms with van der Waals surface area (Å²) in [7, 11) is 0. The van der Waals surface area contributed by atoms with Crippen LogP contribution in [0.15, 0.2) is 24.3 Å². The summed E-state index contributed by atoms with van der Waals surface area (Å²) in [4.78, 5) is 0. The molecule has 0 bridgehead atoms. The highest BCUT2D eigenvalue weighted by atomic mass is 14.2. The Labute approximate surface area is 86.7 Å². The molecule has 1 aliphatic carbocycles. The summed E-state index contributed by atoms with van der Waals surface area (Å²) in [5.74, 6) is 0.764. The van der Waals surface area contributed by atoms with Crippen molar-refractivity contribution in [3.63, 3.8) is 0 Å². The SMILES string of the molecule is CCCC1CC=Cc2c(C)cccc21. The van der Waals surface area contributed by atoms with E-state index in [1.54, 1.807) is 5.56 Å². The highest BCUT2D eigenvalue weighted by molar-refractivity contribution is 5.61. The van der Waals surface area contributed by atoms with E-state index in [1.165, 1.54) is 30.4 Å². The summed E-state index contributed by atoms with van der Waals surface area (Å²) < 4.78 is 0. The zero-order valence-corrected chi connectivity index (χ0v) is 9.09. The normalized spacial score (nSPS) is 19.4. The van der Waals surface area contributed by atoms with Crippen LogP contribution in [0.3, 0.4) is 0 Å². The van der Waals surface area contributed by atoms with Crippen LogP contribution in [0.2, 0.25) is 0 Å². The molecule has 0 saturated heterocycles. The summed E-state index contributed by atoms with van der Waals surface area (Å²) in [6.45, 7) is 4.48. The molecule has 0 aromatic heterocycles. The lowest BCUT2D eigenvalue weighted by atomic mass is 9.83. The number of aryl methyl sites for hydroxylation is 1. The summed E-state index contributed by atoms with van der Waals surface area (Å²) in [6, 6.07) is 6.69. The minimum Gasteiger partial charge on any atom is -0.0833 e. The molecule has 0 aliphatic heterocycles. The Morgan fingerprint density at radius 2 is 2.21 bits per heavy atom. The second kappa shape index (κ2) is 4.00. The molecule has 0 saturated carbocycles. The largest absolute Gasteiger partial charge is 0.0833 e. The zero-order chi connectivity index (χ0) is 9.97. The topological polar surface area (TPSA) is 0 Å². The molecule has 0 spiro atoms. The van der Waals surface area contributed by atoms with Gasteiger partial charge in [0.05, 0.1) is 0 Å². The highest BCUT2D eigenvalue weighted by Crippen LogP contribution is 2.34. The van der Waals surface area contributed by atoms with Crippen LogP contribution >= 0.6 is 0 Å². The van der Waals surface area contributed by atoms with Crippen LogP contribution < -0.4 is 0 Å². The Morgan fingerprint density at radius 1 is 1.36 bits per heavy atom. The second-order valence-electron chi connectivity index (χ2n) is 4.20. The third-order valence-corrected chi connectivity index (χ3v) is 3.14. The fraction of sp³-hybridized carbons (Fsp3) is 0.429. The van der Waals surface area contributed by atoms with Gasteiger partial charge in [-0.2, -0.15) is 0 Å². The van der Waals surface area contributed by atoms with E-state index in [9.17, 15) is 0 Å². The Bertz CT molecular complexity index is 347. The van der Waals surface area contributed by atoms with Gasteiger partial charge >= 0.3 is 0 Å². The predicted octanol–water partition coefficient (Wildman–Crippen LogP) is 4.30. The molecule has 0 nitrogen and oxygen atoms in total. The van der Waals surface area contributed by atoms with E-state index in [0.717, 1.165) is 5.92 Å². The van der Waals surface area contributed by atoms with Crippen molar-refractivity contribution in [1.29, 1.82) is 0 Å². The van der Waals surface area contributed by atoms with Gasteiger partial charge in [0.2, 0.25) is 0 Å². The van der Waals surface area contributed by atoms with Crippen molar-refractivity contribution in [3.05, 3.63) is 41.0 Å². The van der Waals surface area contributed by atoms with Gasteiger partial charge in [-0.1, -0.05) is 43.7 Å². The van der Waals surface area contributed by atoms with Gasteiger partial charge in [0.25, 0.3) is 0 Å². The lowest BCUT2D eigenvalue weighted by Crippen LogP contribution is -2.04. The third-order valence-electron chi connectivity index (χ3n) is 3.14. The molecule has 1 unspecified atom stereocenters. The van der Waals surface area contributed by atoms with Crippen LogP contribution in [0, 0.1) is 6.92 Å². The molecular weight excluding hydrogens is 168 g/mol. The molecule has 1 aliphatic rings. The summed E-state index contributed by atoms with van der Waals surface area (Å²) >= 11 is 0. The van der Waals surface area contributed by atoms with Gasteiger partial charge in [-0.15, -0.1) is 0 Å². The number of rotatable bonds is 2. The molecule has 1 aromatic carbocycles.